The predicted molar refractivity (Wildman–Crippen MR) is 131 cm³/mol. The number of hydrogen-bond donors (Lipinski definition) is 0. The fourth-order valence-corrected chi connectivity index (χ4v) is 3.70. The molecule has 0 spiro atoms. The van der Waals surface area contributed by atoms with Gasteiger partial charge in [-0.3, -0.25) is 4.79 Å². The Morgan fingerprint density at radius 1 is 0.938 bits per heavy atom. The Kier molecular flexibility index (Phi) is 6.87. The van der Waals surface area contributed by atoms with Gasteiger partial charge < -0.3 is 14.0 Å². The molecule has 0 amide bonds. The zero-order valence-electron chi connectivity index (χ0n) is 17.6. The summed E-state index contributed by atoms with van der Waals surface area (Å²) in [4.78, 5) is 12.6. The third-order valence-electron chi connectivity index (χ3n) is 5.01. The van der Waals surface area contributed by atoms with Gasteiger partial charge in [-0.2, -0.15) is 0 Å². The van der Waals surface area contributed by atoms with Crippen molar-refractivity contribution in [3.63, 3.8) is 0 Å². The zero-order valence-corrected chi connectivity index (χ0v) is 19.2. The molecule has 1 heterocycles. The first-order valence-electron chi connectivity index (χ1n) is 10.1. The Morgan fingerprint density at radius 3 is 2.41 bits per heavy atom. The van der Waals surface area contributed by atoms with E-state index in [-0.39, 0.29) is 5.78 Å². The molecule has 1 aromatic heterocycles. The molecule has 0 unspecified atom stereocenters. The average Bonchev–Trinajstić information content (AvgIpc) is 3.37. The third kappa shape index (κ3) is 5.18. The van der Waals surface area contributed by atoms with E-state index >= 15 is 0 Å². The first kappa shape index (κ1) is 21.7. The van der Waals surface area contributed by atoms with Crippen LogP contribution >= 0.6 is 15.9 Å². The minimum atomic E-state index is -0.0501. The highest BCUT2D eigenvalue weighted by Crippen LogP contribution is 2.27. The molecule has 0 fully saturated rings. The van der Waals surface area contributed by atoms with Gasteiger partial charge in [-0.25, -0.2) is 0 Å². The molecule has 4 rings (SSSR count). The van der Waals surface area contributed by atoms with Crippen molar-refractivity contribution in [2.24, 2.45) is 0 Å². The van der Waals surface area contributed by atoms with Crippen LogP contribution in [-0.4, -0.2) is 17.5 Å². The van der Waals surface area contributed by atoms with Gasteiger partial charge in [0.1, 0.15) is 18.1 Å². The van der Waals surface area contributed by atoms with Crippen molar-refractivity contribution in [3.05, 3.63) is 118 Å². The molecular formula is C27H22BrNO3. The molecule has 32 heavy (non-hydrogen) atoms. The maximum Gasteiger partial charge on any atom is 0.185 e. The van der Waals surface area contributed by atoms with Crippen LogP contribution in [0, 0.1) is 0 Å². The molecule has 4 aromatic rings. The van der Waals surface area contributed by atoms with E-state index in [2.05, 4.69) is 15.9 Å². The van der Waals surface area contributed by atoms with Crippen molar-refractivity contribution in [1.29, 1.82) is 0 Å². The van der Waals surface area contributed by atoms with Crippen LogP contribution in [0.4, 0.5) is 0 Å². The number of hydrogen-bond acceptors (Lipinski definition) is 3. The summed E-state index contributed by atoms with van der Waals surface area (Å²) in [6.07, 6.45) is 7.34. The number of aromatic nitrogens is 1. The fourth-order valence-electron chi connectivity index (χ4n) is 3.30. The van der Waals surface area contributed by atoms with Gasteiger partial charge in [0.2, 0.25) is 0 Å². The highest BCUT2D eigenvalue weighted by Gasteiger charge is 2.08. The van der Waals surface area contributed by atoms with E-state index in [9.17, 15) is 4.79 Å². The normalized spacial score (nSPS) is 10.9. The molecule has 0 aliphatic heterocycles. The first-order valence-corrected chi connectivity index (χ1v) is 10.9. The summed E-state index contributed by atoms with van der Waals surface area (Å²) in [6.45, 7) is 0.349. The lowest BCUT2D eigenvalue weighted by Gasteiger charge is -2.12. The van der Waals surface area contributed by atoms with Crippen molar-refractivity contribution in [3.8, 4) is 17.2 Å². The number of methoxy groups -OCH3 is 1. The van der Waals surface area contributed by atoms with Gasteiger partial charge in [0, 0.05) is 29.2 Å². The fraction of sp³-hybridized carbons (Fsp3) is 0.0741. The van der Waals surface area contributed by atoms with E-state index in [0.717, 1.165) is 32.8 Å². The Bertz CT molecular complexity index is 1230. The summed E-state index contributed by atoms with van der Waals surface area (Å²) in [5.74, 6) is 1.45. The molecule has 160 valence electrons. The van der Waals surface area contributed by atoms with E-state index < -0.39 is 0 Å². The molecule has 0 atom stereocenters. The lowest BCUT2D eigenvalue weighted by atomic mass is 10.1. The highest BCUT2D eigenvalue weighted by molar-refractivity contribution is 9.10. The topological polar surface area (TPSA) is 40.5 Å². The number of para-hydroxylation sites is 1. The number of carbonyl (C=O) groups excluding carboxylic acids is 1. The van der Waals surface area contributed by atoms with Crippen LogP contribution < -0.4 is 9.47 Å². The summed E-state index contributed by atoms with van der Waals surface area (Å²) >= 11 is 3.49. The Morgan fingerprint density at radius 2 is 1.69 bits per heavy atom. The number of nitrogens with zero attached hydrogens (tertiary/aromatic N) is 1. The minimum Gasteiger partial charge on any atom is -0.496 e. The maximum absolute atomic E-state index is 12.6. The van der Waals surface area contributed by atoms with E-state index in [1.807, 2.05) is 102 Å². The third-order valence-corrected chi connectivity index (χ3v) is 5.66. The van der Waals surface area contributed by atoms with E-state index in [1.54, 1.807) is 13.2 Å². The van der Waals surface area contributed by atoms with Crippen LogP contribution in [0.5, 0.6) is 11.5 Å². The number of ketones is 1. The molecule has 0 aliphatic carbocycles. The Hall–Kier alpha value is -3.57. The molecule has 0 bridgehead atoms. The first-order chi connectivity index (χ1) is 15.6. The summed E-state index contributed by atoms with van der Waals surface area (Å²) in [7, 11) is 1.63. The molecule has 0 aliphatic rings. The van der Waals surface area contributed by atoms with Crippen LogP contribution in [-0.2, 0) is 6.61 Å². The van der Waals surface area contributed by atoms with Crippen LogP contribution in [0.1, 0.15) is 21.5 Å². The number of allylic oxidation sites excluding steroid dienone is 1. The molecule has 0 saturated carbocycles. The van der Waals surface area contributed by atoms with Crippen molar-refractivity contribution in [1.82, 2.24) is 4.57 Å². The number of ether oxygens (including phenoxy) is 2. The van der Waals surface area contributed by atoms with Crippen molar-refractivity contribution in [2.75, 3.05) is 7.11 Å². The van der Waals surface area contributed by atoms with Gasteiger partial charge in [-0.05, 0) is 88.2 Å². The summed E-state index contributed by atoms with van der Waals surface area (Å²) in [5, 5.41) is 0. The van der Waals surface area contributed by atoms with Gasteiger partial charge >= 0.3 is 0 Å². The van der Waals surface area contributed by atoms with E-state index in [1.165, 1.54) is 0 Å². The smallest absolute Gasteiger partial charge is 0.185 e. The monoisotopic (exact) mass is 487 g/mol. The summed E-state index contributed by atoms with van der Waals surface area (Å²) in [6, 6.07) is 25.0. The number of benzene rings is 3. The van der Waals surface area contributed by atoms with Crippen LogP contribution in [0.2, 0.25) is 0 Å². The quantitative estimate of drug-likeness (QED) is 0.204. The van der Waals surface area contributed by atoms with Crippen LogP contribution in [0.15, 0.2) is 102 Å². The molecule has 0 N–H and O–H groups in total. The molecule has 5 heteroatoms. The van der Waals surface area contributed by atoms with Gasteiger partial charge in [0.15, 0.2) is 5.78 Å². The molecule has 3 aromatic carbocycles. The number of carbonyl (C=O) groups is 1. The summed E-state index contributed by atoms with van der Waals surface area (Å²) < 4.78 is 14.3. The second-order valence-corrected chi connectivity index (χ2v) is 7.98. The average molecular weight is 488 g/mol. The standard InChI is InChI=1S/C27H22BrNO3/c1-31-26-15-9-20(18-22(26)19-32-27-7-3-2-6-24(27)28)8-14-25(30)21-10-12-23(13-11-21)29-16-4-5-17-29/h2-18H,19H2,1H3/b14-8+. The highest BCUT2D eigenvalue weighted by atomic mass is 79.9. The van der Waals surface area contributed by atoms with Gasteiger partial charge in [0.25, 0.3) is 0 Å². The number of rotatable bonds is 8. The van der Waals surface area contributed by atoms with Crippen molar-refractivity contribution in [2.45, 2.75) is 6.61 Å². The molecular weight excluding hydrogens is 466 g/mol. The molecule has 0 saturated heterocycles. The second kappa shape index (κ2) is 10.2. The lowest BCUT2D eigenvalue weighted by molar-refractivity contribution is 0.104. The van der Waals surface area contributed by atoms with Gasteiger partial charge in [-0.15, -0.1) is 0 Å². The Balaban J connectivity index is 1.46. The Labute approximate surface area is 195 Å². The minimum absolute atomic E-state index is 0.0501. The molecule has 4 nitrogen and oxygen atoms in total. The van der Waals surface area contributed by atoms with Crippen molar-refractivity contribution >= 4 is 27.8 Å². The van der Waals surface area contributed by atoms with Crippen molar-refractivity contribution < 1.29 is 14.3 Å². The number of halogens is 1. The zero-order chi connectivity index (χ0) is 22.3. The van der Waals surface area contributed by atoms with E-state index in [0.29, 0.717) is 12.2 Å². The van der Waals surface area contributed by atoms with Gasteiger partial charge in [0.05, 0.1) is 11.6 Å². The largest absolute Gasteiger partial charge is 0.496 e. The summed E-state index contributed by atoms with van der Waals surface area (Å²) in [5.41, 5.74) is 3.45. The van der Waals surface area contributed by atoms with Crippen LogP contribution in [0.3, 0.4) is 0 Å². The lowest BCUT2D eigenvalue weighted by Crippen LogP contribution is -2.00. The van der Waals surface area contributed by atoms with E-state index in [4.69, 9.17) is 9.47 Å². The molecule has 0 radical (unpaired) electrons. The maximum atomic E-state index is 12.6. The van der Waals surface area contributed by atoms with Gasteiger partial charge in [-0.1, -0.05) is 24.3 Å². The van der Waals surface area contributed by atoms with Crippen LogP contribution in [0.25, 0.3) is 11.8 Å². The second-order valence-electron chi connectivity index (χ2n) is 7.13. The predicted octanol–water partition coefficient (Wildman–Crippen LogP) is 6.72. The SMILES string of the molecule is COc1ccc(/C=C/C(=O)c2ccc(-n3cccc3)cc2)cc1COc1ccccc1Br.